The van der Waals surface area contributed by atoms with Crippen LogP contribution in [0.5, 0.6) is 0 Å². The first-order valence-electron chi connectivity index (χ1n) is 31.7. The van der Waals surface area contributed by atoms with E-state index in [0.29, 0.717) is 12.8 Å². The molecule has 0 rings (SSSR count). The fourth-order valence-electron chi connectivity index (χ4n) is 8.52. The summed E-state index contributed by atoms with van der Waals surface area (Å²) in [5.41, 5.74) is 0. The molecule has 0 spiro atoms. The first-order chi connectivity index (χ1) is 38.0. The van der Waals surface area contributed by atoms with Crippen molar-refractivity contribution >= 4 is 17.9 Å². The molecule has 1 unspecified atom stereocenters. The fraction of sp³-hybridized carbons (Fsp3) is 0.648. The Hall–Kier alpha value is -4.45. The Morgan fingerprint density at radius 1 is 0.286 bits per heavy atom. The van der Waals surface area contributed by atoms with E-state index >= 15 is 0 Å². The van der Waals surface area contributed by atoms with Gasteiger partial charge in [-0.05, 0) is 96.3 Å². The van der Waals surface area contributed by atoms with Crippen molar-refractivity contribution in [2.24, 2.45) is 0 Å². The van der Waals surface area contributed by atoms with Crippen LogP contribution in [0.2, 0.25) is 0 Å². The van der Waals surface area contributed by atoms with E-state index < -0.39 is 12.1 Å². The number of carbonyl (C=O) groups is 3. The number of hydrogen-bond acceptors (Lipinski definition) is 6. The molecule has 77 heavy (non-hydrogen) atoms. The number of allylic oxidation sites excluding steroid dienone is 21. The zero-order valence-corrected chi connectivity index (χ0v) is 49.9. The summed E-state index contributed by atoms with van der Waals surface area (Å²) in [6.07, 6.45) is 90.5. The zero-order valence-electron chi connectivity index (χ0n) is 49.9. The molecule has 6 nitrogen and oxygen atoms in total. The monoisotopic (exact) mass is 1060 g/mol. The molecule has 0 saturated heterocycles. The summed E-state index contributed by atoms with van der Waals surface area (Å²) in [5, 5.41) is 0. The SMILES string of the molecule is CC/C=C\C/C=C\C/C=C\C/C=C\C/C=C\C/C=C\CCCCCCC(=O)OCC(COC(=O)C/C=C\C/C=C\C/C=C\C/C=C\C/C=C\CC)OC(=O)CCCCCCCCCCCCCCCCCCCCCCC. The molecule has 0 radical (unpaired) electrons. The molecular weight excluding hydrogens is 949 g/mol. The molecule has 0 aliphatic carbocycles. The molecule has 0 bridgehead atoms. The number of ether oxygens (including phenoxy) is 3. The molecule has 0 fully saturated rings. The Labute approximate surface area is 475 Å². The van der Waals surface area contributed by atoms with E-state index in [1.54, 1.807) is 6.08 Å². The van der Waals surface area contributed by atoms with Gasteiger partial charge in [0.1, 0.15) is 13.2 Å². The third-order valence-electron chi connectivity index (χ3n) is 13.2. The Morgan fingerprint density at radius 3 is 0.909 bits per heavy atom. The molecule has 1 atom stereocenters. The number of esters is 3. The molecule has 6 heteroatoms. The van der Waals surface area contributed by atoms with E-state index in [2.05, 4.69) is 142 Å². The van der Waals surface area contributed by atoms with Crippen LogP contribution in [0.4, 0.5) is 0 Å². The molecule has 0 aromatic rings. The fourth-order valence-corrected chi connectivity index (χ4v) is 8.52. The van der Waals surface area contributed by atoms with Gasteiger partial charge in [-0.25, -0.2) is 0 Å². The first-order valence-corrected chi connectivity index (χ1v) is 31.7. The van der Waals surface area contributed by atoms with Gasteiger partial charge in [0.05, 0.1) is 6.42 Å². The summed E-state index contributed by atoms with van der Waals surface area (Å²) in [4.78, 5) is 38.2. The van der Waals surface area contributed by atoms with E-state index in [4.69, 9.17) is 14.2 Å². The average Bonchev–Trinajstić information content (AvgIpc) is 3.43. The second-order valence-electron chi connectivity index (χ2n) is 20.6. The molecule has 0 aliphatic heterocycles. The summed E-state index contributed by atoms with van der Waals surface area (Å²) in [7, 11) is 0. The lowest BCUT2D eigenvalue weighted by Gasteiger charge is -2.18. The molecule has 0 N–H and O–H groups in total. The van der Waals surface area contributed by atoms with Crippen molar-refractivity contribution in [1.29, 1.82) is 0 Å². The van der Waals surface area contributed by atoms with E-state index in [1.807, 2.05) is 6.08 Å². The van der Waals surface area contributed by atoms with Crippen molar-refractivity contribution < 1.29 is 28.6 Å². The van der Waals surface area contributed by atoms with Gasteiger partial charge < -0.3 is 14.2 Å². The highest BCUT2D eigenvalue weighted by Gasteiger charge is 2.19. The molecule has 436 valence electrons. The van der Waals surface area contributed by atoms with Gasteiger partial charge in [0.2, 0.25) is 0 Å². The highest BCUT2D eigenvalue weighted by Crippen LogP contribution is 2.16. The predicted octanol–water partition coefficient (Wildman–Crippen LogP) is 21.8. The van der Waals surface area contributed by atoms with Gasteiger partial charge in [0.25, 0.3) is 0 Å². The summed E-state index contributed by atoms with van der Waals surface area (Å²) >= 11 is 0. The lowest BCUT2D eigenvalue weighted by molar-refractivity contribution is -0.166. The van der Waals surface area contributed by atoms with E-state index in [-0.39, 0.29) is 31.6 Å². The van der Waals surface area contributed by atoms with Crippen LogP contribution >= 0.6 is 0 Å². The maximum absolute atomic E-state index is 12.9. The Morgan fingerprint density at radius 2 is 0.558 bits per heavy atom. The molecule has 0 aromatic carbocycles. The summed E-state index contributed by atoms with van der Waals surface area (Å²) < 4.78 is 16.8. The van der Waals surface area contributed by atoms with E-state index in [9.17, 15) is 14.4 Å². The van der Waals surface area contributed by atoms with Crippen LogP contribution in [0, 0.1) is 0 Å². The second-order valence-corrected chi connectivity index (χ2v) is 20.6. The second kappa shape index (κ2) is 64.1. The maximum atomic E-state index is 12.9. The summed E-state index contributed by atoms with van der Waals surface area (Å²) in [5.74, 6) is -1.07. The van der Waals surface area contributed by atoms with Crippen LogP contribution < -0.4 is 0 Å². The highest BCUT2D eigenvalue weighted by molar-refractivity contribution is 5.72. The predicted molar refractivity (Wildman–Crippen MR) is 334 cm³/mol. The minimum atomic E-state index is -0.833. The average molecular weight is 1070 g/mol. The Kier molecular flexibility index (Phi) is 60.4. The van der Waals surface area contributed by atoms with Gasteiger partial charge in [-0.3, -0.25) is 14.4 Å². The van der Waals surface area contributed by atoms with Crippen molar-refractivity contribution in [3.63, 3.8) is 0 Å². The summed E-state index contributed by atoms with van der Waals surface area (Å²) in [6, 6.07) is 0. The topological polar surface area (TPSA) is 78.9 Å². The van der Waals surface area contributed by atoms with Crippen LogP contribution in [-0.2, 0) is 28.6 Å². The number of hydrogen-bond donors (Lipinski definition) is 0. The van der Waals surface area contributed by atoms with Crippen LogP contribution in [0.25, 0.3) is 0 Å². The first kappa shape index (κ1) is 72.5. The third kappa shape index (κ3) is 62.3. The molecule has 0 aromatic heterocycles. The number of rotatable bonds is 56. The minimum absolute atomic E-state index is 0.119. The normalized spacial score (nSPS) is 13.0. The molecule has 0 amide bonds. The molecular formula is C71H116O6. The van der Waals surface area contributed by atoms with Gasteiger partial charge in [-0.15, -0.1) is 0 Å². The van der Waals surface area contributed by atoms with E-state index in [0.717, 1.165) is 122 Å². The smallest absolute Gasteiger partial charge is 0.309 e. The van der Waals surface area contributed by atoms with Gasteiger partial charge in [-0.2, -0.15) is 0 Å². The third-order valence-corrected chi connectivity index (χ3v) is 13.2. The lowest BCUT2D eigenvalue weighted by Crippen LogP contribution is -2.30. The van der Waals surface area contributed by atoms with Crippen molar-refractivity contribution in [3.8, 4) is 0 Å². The number of carbonyl (C=O) groups excluding carboxylic acids is 3. The van der Waals surface area contributed by atoms with Gasteiger partial charge in [0, 0.05) is 12.8 Å². The molecule has 0 saturated carbocycles. The van der Waals surface area contributed by atoms with Crippen LogP contribution in [-0.4, -0.2) is 37.2 Å². The van der Waals surface area contributed by atoms with Crippen molar-refractivity contribution in [2.45, 2.75) is 284 Å². The quantitative estimate of drug-likeness (QED) is 0.0261. The van der Waals surface area contributed by atoms with Crippen LogP contribution in [0.1, 0.15) is 278 Å². The van der Waals surface area contributed by atoms with Crippen molar-refractivity contribution in [3.05, 3.63) is 134 Å². The largest absolute Gasteiger partial charge is 0.462 e. The van der Waals surface area contributed by atoms with Crippen molar-refractivity contribution in [2.75, 3.05) is 13.2 Å². The van der Waals surface area contributed by atoms with Gasteiger partial charge >= 0.3 is 17.9 Å². The Balaban J connectivity index is 4.49. The van der Waals surface area contributed by atoms with Crippen LogP contribution in [0.3, 0.4) is 0 Å². The van der Waals surface area contributed by atoms with E-state index in [1.165, 1.54) is 116 Å². The van der Waals surface area contributed by atoms with Crippen molar-refractivity contribution in [1.82, 2.24) is 0 Å². The molecule has 0 heterocycles. The van der Waals surface area contributed by atoms with Crippen LogP contribution in [0.15, 0.2) is 134 Å². The van der Waals surface area contributed by atoms with Gasteiger partial charge in [-0.1, -0.05) is 296 Å². The Bertz CT molecular complexity index is 1650. The van der Waals surface area contributed by atoms with Gasteiger partial charge in [0.15, 0.2) is 6.10 Å². The number of unbranched alkanes of at least 4 members (excludes halogenated alkanes) is 24. The molecule has 0 aliphatic rings. The maximum Gasteiger partial charge on any atom is 0.309 e. The standard InChI is InChI=1S/C71H116O6/c1-4-7-10-13-16-19-22-25-28-30-32-34-35-37-38-40-43-46-49-52-55-58-61-64-70(73)76-67-68(66-75-69(72)63-60-57-54-51-48-45-42-27-24-21-18-15-12-9-6-3)77-71(74)65-62-59-56-53-50-47-44-41-39-36-33-31-29-26-23-20-17-14-11-8-5-2/h7,9-10,12,16,18-19,21,25,27-28,32,34,37-38,42-43,46,48,51,57,60,68H,4-6,8,11,13-15,17,20,22-24,26,29-31,33,35-36,39-41,44-45,47,49-50,52-56,58-59,61-67H2,1-3H3/b10-7-,12-9-,19-16-,21-18-,28-25-,34-32-,38-37-,42-27-,46-43-,51-48-,60-57-. The highest BCUT2D eigenvalue weighted by atomic mass is 16.6. The summed E-state index contributed by atoms with van der Waals surface area (Å²) in [6.45, 7) is 6.32. The minimum Gasteiger partial charge on any atom is -0.462 e. The lowest BCUT2D eigenvalue weighted by atomic mass is 10.0. The zero-order chi connectivity index (χ0) is 55.7.